The fourth-order valence-corrected chi connectivity index (χ4v) is 2.87. The topological polar surface area (TPSA) is 18.5 Å². The molecule has 0 radical (unpaired) electrons. The van der Waals surface area contributed by atoms with Crippen molar-refractivity contribution in [3.63, 3.8) is 0 Å². The Kier molecular flexibility index (Phi) is 4.39. The predicted octanol–water partition coefficient (Wildman–Crippen LogP) is 2.18. The normalized spacial score (nSPS) is 19.3. The van der Waals surface area contributed by atoms with Gasteiger partial charge in [-0.15, -0.1) is 0 Å². The van der Waals surface area contributed by atoms with Gasteiger partial charge in [0.1, 0.15) is 7.85 Å². The quantitative estimate of drug-likeness (QED) is 0.791. The van der Waals surface area contributed by atoms with Gasteiger partial charge in [-0.2, -0.15) is 0 Å². The Morgan fingerprint density at radius 1 is 1.10 bits per heavy atom. The summed E-state index contributed by atoms with van der Waals surface area (Å²) in [6.45, 7) is 1.58. The molecule has 1 atom stereocenters. The van der Waals surface area contributed by atoms with Crippen molar-refractivity contribution in [1.29, 1.82) is 0 Å². The summed E-state index contributed by atoms with van der Waals surface area (Å²) < 4.78 is 11.4. The van der Waals surface area contributed by atoms with Crippen LogP contribution in [0, 0.1) is 0 Å². The number of hydrogen-bond donors (Lipinski definition) is 0. The van der Waals surface area contributed by atoms with E-state index in [0.717, 1.165) is 26.1 Å². The molecule has 1 saturated heterocycles. The lowest BCUT2D eigenvalue weighted by atomic mass is 9.87. The van der Waals surface area contributed by atoms with Crippen molar-refractivity contribution >= 4 is 24.1 Å². The van der Waals surface area contributed by atoms with Gasteiger partial charge in [0.2, 0.25) is 0 Å². The zero-order valence-electron chi connectivity index (χ0n) is 12.1. The molecule has 0 N–H and O–H groups in total. The molecular formula is C17H21BO2. The van der Waals surface area contributed by atoms with Crippen LogP contribution in [0.4, 0.5) is 0 Å². The molecule has 0 spiro atoms. The van der Waals surface area contributed by atoms with E-state index in [-0.39, 0.29) is 6.29 Å². The van der Waals surface area contributed by atoms with Crippen LogP contribution in [-0.2, 0) is 15.9 Å². The van der Waals surface area contributed by atoms with Crippen LogP contribution in [0.25, 0.3) is 10.8 Å². The maximum atomic E-state index is 5.84. The molecule has 1 fully saturated rings. The van der Waals surface area contributed by atoms with Crippen LogP contribution in [0.3, 0.4) is 0 Å². The van der Waals surface area contributed by atoms with E-state index in [4.69, 9.17) is 9.47 Å². The first-order valence-corrected chi connectivity index (χ1v) is 7.55. The minimum absolute atomic E-state index is 0.0143. The van der Waals surface area contributed by atoms with E-state index in [2.05, 4.69) is 44.2 Å². The van der Waals surface area contributed by atoms with Gasteiger partial charge < -0.3 is 9.47 Å². The summed E-state index contributed by atoms with van der Waals surface area (Å²) in [6.07, 6.45) is 4.39. The average molecular weight is 268 g/mol. The van der Waals surface area contributed by atoms with Gasteiger partial charge in [-0.1, -0.05) is 41.9 Å². The van der Waals surface area contributed by atoms with E-state index >= 15 is 0 Å². The lowest BCUT2D eigenvalue weighted by Crippen LogP contribution is -2.23. The predicted molar refractivity (Wildman–Crippen MR) is 85.4 cm³/mol. The van der Waals surface area contributed by atoms with Gasteiger partial charge in [-0.25, -0.2) is 0 Å². The van der Waals surface area contributed by atoms with Gasteiger partial charge in [0.15, 0.2) is 6.29 Å². The second kappa shape index (κ2) is 6.42. The van der Waals surface area contributed by atoms with Crippen LogP contribution in [0.1, 0.15) is 24.8 Å². The van der Waals surface area contributed by atoms with E-state index in [1.807, 2.05) is 0 Å². The van der Waals surface area contributed by atoms with Gasteiger partial charge in [0.25, 0.3) is 0 Å². The van der Waals surface area contributed by atoms with Gasteiger partial charge in [0.05, 0.1) is 6.61 Å². The van der Waals surface area contributed by atoms with Crippen molar-refractivity contribution in [2.24, 2.45) is 0 Å². The maximum Gasteiger partial charge on any atom is 0.157 e. The van der Waals surface area contributed by atoms with E-state index in [1.165, 1.54) is 34.6 Å². The summed E-state index contributed by atoms with van der Waals surface area (Å²) in [5.41, 5.74) is 2.70. The number of rotatable bonds is 4. The molecule has 1 aliphatic heterocycles. The fraction of sp³-hybridized carbons (Fsp3) is 0.412. The minimum atomic E-state index is 0.0143. The number of benzene rings is 2. The van der Waals surface area contributed by atoms with Crippen molar-refractivity contribution in [2.45, 2.75) is 32.0 Å². The van der Waals surface area contributed by atoms with Crippen LogP contribution >= 0.6 is 0 Å². The Morgan fingerprint density at radius 2 is 1.95 bits per heavy atom. The Balaban J connectivity index is 1.67. The molecule has 2 aromatic rings. The third kappa shape index (κ3) is 3.05. The van der Waals surface area contributed by atoms with Crippen LogP contribution in [0.15, 0.2) is 36.4 Å². The summed E-state index contributed by atoms with van der Waals surface area (Å²) in [5.74, 6) is 0. The van der Waals surface area contributed by atoms with E-state index in [0.29, 0.717) is 0 Å². The summed E-state index contributed by atoms with van der Waals surface area (Å²) >= 11 is 0. The molecule has 2 nitrogen and oxygen atoms in total. The zero-order chi connectivity index (χ0) is 13.8. The number of hydrogen-bond acceptors (Lipinski definition) is 2. The Bertz CT molecular complexity index is 576. The molecule has 1 aliphatic rings. The minimum Gasteiger partial charge on any atom is -0.353 e. The second-order valence-corrected chi connectivity index (χ2v) is 5.50. The molecule has 104 valence electrons. The Hall–Kier alpha value is -1.32. The first-order chi connectivity index (χ1) is 9.84. The van der Waals surface area contributed by atoms with Crippen molar-refractivity contribution in [1.82, 2.24) is 0 Å². The van der Waals surface area contributed by atoms with Crippen molar-refractivity contribution in [2.75, 3.05) is 13.2 Å². The third-order valence-corrected chi connectivity index (χ3v) is 4.05. The third-order valence-electron chi connectivity index (χ3n) is 4.05. The molecule has 3 rings (SSSR count). The van der Waals surface area contributed by atoms with Crippen LogP contribution in [0.5, 0.6) is 0 Å². The fourth-order valence-electron chi connectivity index (χ4n) is 2.87. The molecule has 0 saturated carbocycles. The maximum absolute atomic E-state index is 5.84. The highest BCUT2D eigenvalue weighted by Gasteiger charge is 2.13. The summed E-state index contributed by atoms with van der Waals surface area (Å²) in [5, 5.41) is 2.69. The lowest BCUT2D eigenvalue weighted by Gasteiger charge is -2.22. The first kappa shape index (κ1) is 13.7. The Morgan fingerprint density at radius 3 is 2.75 bits per heavy atom. The van der Waals surface area contributed by atoms with Crippen molar-refractivity contribution in [3.8, 4) is 0 Å². The average Bonchev–Trinajstić information content (AvgIpc) is 2.51. The molecule has 3 heteroatoms. The smallest absolute Gasteiger partial charge is 0.157 e. The molecule has 1 heterocycles. The molecule has 0 amide bonds. The molecule has 0 aliphatic carbocycles. The van der Waals surface area contributed by atoms with Crippen molar-refractivity contribution in [3.05, 3.63) is 42.0 Å². The van der Waals surface area contributed by atoms with Crippen molar-refractivity contribution < 1.29 is 9.47 Å². The highest BCUT2D eigenvalue weighted by molar-refractivity contribution is 6.38. The molecular weight excluding hydrogens is 247 g/mol. The standard InChI is InChI=1S/C17H21BO2/c18-16-9-8-13(14-5-1-2-6-15(14)16)10-12-20-17-7-3-4-11-19-17/h1-2,5-6,8-9,17H,3-4,7,10-12,18H2. The van der Waals surface area contributed by atoms with Gasteiger partial charge in [-0.05, 0) is 42.0 Å². The highest BCUT2D eigenvalue weighted by Crippen LogP contribution is 2.18. The zero-order valence-corrected chi connectivity index (χ0v) is 12.1. The largest absolute Gasteiger partial charge is 0.353 e. The lowest BCUT2D eigenvalue weighted by molar-refractivity contribution is -0.161. The van der Waals surface area contributed by atoms with E-state index < -0.39 is 0 Å². The summed E-state index contributed by atoms with van der Waals surface area (Å²) in [7, 11) is 2.17. The monoisotopic (exact) mass is 268 g/mol. The Labute approximate surface area is 121 Å². The summed E-state index contributed by atoms with van der Waals surface area (Å²) in [6, 6.07) is 13.0. The molecule has 0 bridgehead atoms. The second-order valence-electron chi connectivity index (χ2n) is 5.50. The summed E-state index contributed by atoms with van der Waals surface area (Å²) in [4.78, 5) is 0. The molecule has 2 aromatic carbocycles. The van der Waals surface area contributed by atoms with Crippen LogP contribution in [0.2, 0.25) is 0 Å². The van der Waals surface area contributed by atoms with Crippen LogP contribution in [-0.4, -0.2) is 27.4 Å². The van der Waals surface area contributed by atoms with Gasteiger partial charge >= 0.3 is 0 Å². The molecule has 20 heavy (non-hydrogen) atoms. The van der Waals surface area contributed by atoms with Gasteiger partial charge in [0, 0.05) is 6.61 Å². The van der Waals surface area contributed by atoms with Crippen LogP contribution < -0.4 is 5.46 Å². The van der Waals surface area contributed by atoms with E-state index in [9.17, 15) is 0 Å². The SMILES string of the molecule is Bc1ccc(CCOC2CCCCO2)c2ccccc12. The molecule has 0 aromatic heterocycles. The first-order valence-electron chi connectivity index (χ1n) is 7.55. The molecule has 1 unspecified atom stereocenters. The highest BCUT2D eigenvalue weighted by atomic mass is 16.7. The number of fused-ring (bicyclic) bond motifs is 1. The van der Waals surface area contributed by atoms with E-state index in [1.54, 1.807) is 0 Å². The van der Waals surface area contributed by atoms with Gasteiger partial charge in [-0.3, -0.25) is 0 Å². The number of ether oxygens (including phenoxy) is 2.